The molecule has 0 unspecified atom stereocenters. The fourth-order valence-electron chi connectivity index (χ4n) is 4.75. The zero-order valence-electron chi connectivity index (χ0n) is 21.3. The van der Waals surface area contributed by atoms with Gasteiger partial charge in [0.15, 0.2) is 11.2 Å². The lowest BCUT2D eigenvalue weighted by Crippen LogP contribution is -2.31. The molecule has 36 heavy (non-hydrogen) atoms. The lowest BCUT2D eigenvalue weighted by molar-refractivity contribution is -0.116. The second-order valence-corrected chi connectivity index (χ2v) is 9.91. The largest absolute Gasteiger partial charge is 0.371 e. The van der Waals surface area contributed by atoms with Gasteiger partial charge in [0, 0.05) is 50.4 Å². The maximum atomic E-state index is 14.2. The van der Waals surface area contributed by atoms with Crippen LogP contribution in [-0.2, 0) is 24.3 Å². The average molecular weight is 499 g/mol. The van der Waals surface area contributed by atoms with E-state index in [4.69, 9.17) is 0 Å². The number of carbonyl (C=O) groups excluding carboxylic acids is 1. The van der Waals surface area contributed by atoms with Gasteiger partial charge in [0.05, 0.1) is 0 Å². The Morgan fingerprint density at radius 3 is 2.61 bits per heavy atom. The van der Waals surface area contributed by atoms with Gasteiger partial charge in [0.1, 0.15) is 11.6 Å². The Bertz CT molecular complexity index is 1350. The van der Waals surface area contributed by atoms with Crippen LogP contribution in [0.25, 0.3) is 11.2 Å². The topological polar surface area (TPSA) is 105 Å². The fraction of sp³-hybridized carbons (Fsp3) is 0.538. The summed E-state index contributed by atoms with van der Waals surface area (Å²) >= 11 is 0. The minimum absolute atomic E-state index is 0.105. The molecule has 3 heterocycles. The number of hydrogen-bond acceptors (Lipinski definition) is 5. The maximum Gasteiger partial charge on any atom is 0.330 e. The van der Waals surface area contributed by atoms with Crippen LogP contribution in [0.2, 0.25) is 0 Å². The van der Waals surface area contributed by atoms with Crippen LogP contribution in [0.15, 0.2) is 27.8 Å². The summed E-state index contributed by atoms with van der Waals surface area (Å²) in [4.78, 5) is 47.2. The van der Waals surface area contributed by atoms with Crippen LogP contribution in [-0.4, -0.2) is 38.1 Å². The predicted molar refractivity (Wildman–Crippen MR) is 139 cm³/mol. The quantitative estimate of drug-likeness (QED) is 0.444. The molecule has 1 aromatic carbocycles. The van der Waals surface area contributed by atoms with Crippen LogP contribution in [0.5, 0.6) is 0 Å². The normalized spacial score (nSPS) is 13.8. The highest BCUT2D eigenvalue weighted by Gasteiger charge is 2.20. The molecule has 1 aliphatic heterocycles. The number of halogens is 1. The van der Waals surface area contributed by atoms with Gasteiger partial charge in [-0.3, -0.25) is 19.1 Å². The van der Waals surface area contributed by atoms with E-state index >= 15 is 0 Å². The third kappa shape index (κ3) is 5.68. The molecule has 0 saturated carbocycles. The van der Waals surface area contributed by atoms with Crippen LogP contribution in [0.4, 0.5) is 15.8 Å². The highest BCUT2D eigenvalue weighted by atomic mass is 19.1. The van der Waals surface area contributed by atoms with Crippen molar-refractivity contribution >= 4 is 28.4 Å². The lowest BCUT2D eigenvalue weighted by Gasteiger charge is -2.19. The van der Waals surface area contributed by atoms with Gasteiger partial charge in [0.2, 0.25) is 5.91 Å². The molecule has 9 nitrogen and oxygen atoms in total. The standard InChI is InChI=1S/C26H35FN6O3/c1-4-5-12-32-24-23(25(35)30-26(32)36)33(16-17(2)3)21(29-24)8-9-22(34)28-19-13-18(27)14-20(15-19)31-10-6-7-11-31/h13-15,17H,4-12,16H2,1-3H3,(H,28,34)(H,30,35,36). The van der Waals surface area contributed by atoms with Crippen molar-refractivity contribution in [1.82, 2.24) is 19.1 Å². The van der Waals surface area contributed by atoms with Crippen molar-refractivity contribution in [1.29, 1.82) is 0 Å². The van der Waals surface area contributed by atoms with Crippen LogP contribution in [0.1, 0.15) is 58.7 Å². The molecule has 2 aromatic heterocycles. The van der Waals surface area contributed by atoms with Crippen molar-refractivity contribution < 1.29 is 9.18 Å². The molecule has 0 radical (unpaired) electrons. The minimum atomic E-state index is -0.473. The second kappa shape index (κ2) is 11.1. The van der Waals surface area contributed by atoms with Crippen molar-refractivity contribution in [2.45, 2.75) is 72.4 Å². The summed E-state index contributed by atoms with van der Waals surface area (Å²) in [7, 11) is 0. The second-order valence-electron chi connectivity index (χ2n) is 9.91. The van der Waals surface area contributed by atoms with Gasteiger partial charge in [0.25, 0.3) is 5.56 Å². The first-order valence-corrected chi connectivity index (χ1v) is 12.8. The number of H-pyrrole nitrogens is 1. The molecule has 4 rings (SSSR count). The summed E-state index contributed by atoms with van der Waals surface area (Å²) in [6.45, 7) is 8.85. The highest BCUT2D eigenvalue weighted by Crippen LogP contribution is 2.25. The van der Waals surface area contributed by atoms with Gasteiger partial charge in [-0.25, -0.2) is 14.2 Å². The summed E-state index contributed by atoms with van der Waals surface area (Å²) in [5.74, 6) is 0.139. The first-order valence-electron chi connectivity index (χ1n) is 12.8. The van der Waals surface area contributed by atoms with Gasteiger partial charge in [-0.2, -0.15) is 0 Å². The number of rotatable bonds is 10. The van der Waals surface area contributed by atoms with Crippen molar-refractivity contribution in [3.05, 3.63) is 50.7 Å². The first kappa shape index (κ1) is 25.7. The summed E-state index contributed by atoms with van der Waals surface area (Å²) in [5.41, 5.74) is 0.956. The molecule has 0 atom stereocenters. The van der Waals surface area contributed by atoms with Crippen molar-refractivity contribution in [2.24, 2.45) is 5.92 Å². The van der Waals surface area contributed by atoms with E-state index in [1.54, 1.807) is 6.07 Å². The Hall–Kier alpha value is -3.43. The van der Waals surface area contributed by atoms with Gasteiger partial charge in [-0.1, -0.05) is 27.2 Å². The number of benzene rings is 1. The number of imidazole rings is 1. The van der Waals surface area contributed by atoms with Crippen LogP contribution in [0, 0.1) is 11.7 Å². The number of hydrogen-bond donors (Lipinski definition) is 2. The summed E-state index contributed by atoms with van der Waals surface area (Å²) < 4.78 is 17.5. The fourth-order valence-corrected chi connectivity index (χ4v) is 4.75. The van der Waals surface area contributed by atoms with E-state index < -0.39 is 17.1 Å². The molecule has 2 N–H and O–H groups in total. The Morgan fingerprint density at radius 1 is 1.17 bits per heavy atom. The number of aromatic amines is 1. The van der Waals surface area contributed by atoms with Gasteiger partial charge >= 0.3 is 5.69 Å². The molecular weight excluding hydrogens is 463 g/mol. The molecule has 10 heteroatoms. The number of aryl methyl sites for hydroxylation is 2. The number of amides is 1. The smallest absolute Gasteiger partial charge is 0.330 e. The van der Waals surface area contributed by atoms with E-state index in [1.807, 2.05) is 25.3 Å². The van der Waals surface area contributed by atoms with Gasteiger partial charge in [-0.05, 0) is 43.4 Å². The van der Waals surface area contributed by atoms with E-state index in [0.29, 0.717) is 35.8 Å². The third-order valence-corrected chi connectivity index (χ3v) is 6.46. The zero-order chi connectivity index (χ0) is 25.8. The number of nitrogens with one attached hydrogen (secondary N) is 2. The molecule has 1 saturated heterocycles. The first-order chi connectivity index (χ1) is 17.3. The number of unbranched alkanes of at least 4 members (excludes halogenated alkanes) is 1. The molecule has 1 amide bonds. The van der Waals surface area contributed by atoms with Crippen LogP contribution in [0.3, 0.4) is 0 Å². The molecule has 3 aromatic rings. The molecule has 1 aliphatic rings. The molecule has 1 fully saturated rings. The summed E-state index contributed by atoms with van der Waals surface area (Å²) in [6.07, 6.45) is 4.21. The molecule has 0 aliphatic carbocycles. The number of nitrogens with zero attached hydrogens (tertiary/aromatic N) is 4. The zero-order valence-corrected chi connectivity index (χ0v) is 21.3. The number of anilines is 2. The van der Waals surface area contributed by atoms with Crippen molar-refractivity contribution in [3.63, 3.8) is 0 Å². The SMILES string of the molecule is CCCCn1c(=O)[nH]c(=O)c2c1nc(CCC(=O)Nc1cc(F)cc(N3CCCC3)c1)n2CC(C)C. The van der Waals surface area contributed by atoms with Gasteiger partial charge < -0.3 is 14.8 Å². The van der Waals surface area contributed by atoms with E-state index in [9.17, 15) is 18.8 Å². The van der Waals surface area contributed by atoms with E-state index in [2.05, 4.69) is 20.2 Å². The Balaban J connectivity index is 1.57. The lowest BCUT2D eigenvalue weighted by atomic mass is 10.2. The summed E-state index contributed by atoms with van der Waals surface area (Å²) in [5, 5.41) is 2.80. The molecule has 0 spiro atoms. The average Bonchev–Trinajstić information content (AvgIpc) is 3.46. The Morgan fingerprint density at radius 2 is 1.92 bits per heavy atom. The number of aromatic nitrogens is 4. The van der Waals surface area contributed by atoms with Crippen LogP contribution >= 0.6 is 0 Å². The minimum Gasteiger partial charge on any atom is -0.371 e. The predicted octanol–water partition coefficient (Wildman–Crippen LogP) is 3.65. The monoisotopic (exact) mass is 498 g/mol. The molecule has 0 bridgehead atoms. The van der Waals surface area contributed by atoms with E-state index in [-0.39, 0.29) is 24.7 Å². The molecule has 194 valence electrons. The third-order valence-electron chi connectivity index (χ3n) is 6.46. The maximum absolute atomic E-state index is 14.2. The number of carbonyl (C=O) groups is 1. The summed E-state index contributed by atoms with van der Waals surface area (Å²) in [6, 6.07) is 4.61. The van der Waals surface area contributed by atoms with E-state index in [0.717, 1.165) is 44.5 Å². The van der Waals surface area contributed by atoms with Gasteiger partial charge in [-0.15, -0.1) is 0 Å². The Kier molecular flexibility index (Phi) is 7.91. The van der Waals surface area contributed by atoms with Crippen LogP contribution < -0.4 is 21.5 Å². The van der Waals surface area contributed by atoms with Crippen molar-refractivity contribution in [2.75, 3.05) is 23.3 Å². The highest BCUT2D eigenvalue weighted by molar-refractivity contribution is 5.91. The number of fused-ring (bicyclic) bond motifs is 1. The Labute approximate surface area is 209 Å². The molecular formula is C26H35FN6O3. The van der Waals surface area contributed by atoms with Crippen molar-refractivity contribution in [3.8, 4) is 0 Å². The van der Waals surface area contributed by atoms with E-state index in [1.165, 1.54) is 16.7 Å².